The van der Waals surface area contributed by atoms with E-state index in [2.05, 4.69) is 18.0 Å². The Kier molecular flexibility index (Phi) is 4.86. The number of aryl methyl sites for hydroxylation is 2. The van der Waals surface area contributed by atoms with Crippen LogP contribution in [0.3, 0.4) is 0 Å². The van der Waals surface area contributed by atoms with Crippen LogP contribution >= 0.6 is 0 Å². The molecule has 2 aliphatic rings. The molecule has 0 spiro atoms. The topological polar surface area (TPSA) is 57.4 Å². The predicted molar refractivity (Wildman–Crippen MR) is 105 cm³/mol. The number of benzene rings is 1. The van der Waals surface area contributed by atoms with Gasteiger partial charge in [-0.3, -0.25) is 0 Å². The SMILES string of the molecule is COC1CCC(Oc2cc(-c3c(C)cc4c(c3N)CCC4)ccn2)CC1. The normalized spacial score (nSPS) is 22.2. The first-order chi connectivity index (χ1) is 12.7. The van der Waals surface area contributed by atoms with Crippen LogP contribution in [0.15, 0.2) is 24.4 Å². The first kappa shape index (κ1) is 17.3. The third kappa shape index (κ3) is 3.30. The molecule has 4 heteroatoms. The number of ether oxygens (including phenoxy) is 2. The number of rotatable bonds is 4. The van der Waals surface area contributed by atoms with E-state index in [4.69, 9.17) is 15.2 Å². The highest BCUT2D eigenvalue weighted by molar-refractivity contribution is 5.83. The zero-order valence-corrected chi connectivity index (χ0v) is 15.8. The summed E-state index contributed by atoms with van der Waals surface area (Å²) in [7, 11) is 1.79. The summed E-state index contributed by atoms with van der Waals surface area (Å²) in [6.07, 6.45) is 10.0. The Hall–Kier alpha value is -2.07. The lowest BCUT2D eigenvalue weighted by molar-refractivity contribution is 0.0314. The molecule has 2 aliphatic carbocycles. The van der Waals surface area contributed by atoms with Crippen molar-refractivity contribution in [1.82, 2.24) is 4.98 Å². The number of methoxy groups -OCH3 is 1. The monoisotopic (exact) mass is 352 g/mol. The minimum Gasteiger partial charge on any atom is -0.474 e. The van der Waals surface area contributed by atoms with Crippen molar-refractivity contribution in [2.24, 2.45) is 0 Å². The summed E-state index contributed by atoms with van der Waals surface area (Å²) in [6, 6.07) is 6.39. The van der Waals surface area contributed by atoms with E-state index in [1.54, 1.807) is 7.11 Å². The van der Waals surface area contributed by atoms with Gasteiger partial charge < -0.3 is 15.2 Å². The maximum atomic E-state index is 6.56. The number of pyridine rings is 1. The first-order valence-corrected chi connectivity index (χ1v) is 9.72. The Labute approximate surface area is 155 Å². The van der Waals surface area contributed by atoms with Gasteiger partial charge >= 0.3 is 0 Å². The van der Waals surface area contributed by atoms with Gasteiger partial charge in [0.25, 0.3) is 0 Å². The molecule has 1 saturated carbocycles. The van der Waals surface area contributed by atoms with Crippen molar-refractivity contribution < 1.29 is 9.47 Å². The molecule has 0 bridgehead atoms. The van der Waals surface area contributed by atoms with E-state index in [0.29, 0.717) is 12.0 Å². The van der Waals surface area contributed by atoms with Gasteiger partial charge in [0, 0.05) is 30.6 Å². The molecule has 0 aliphatic heterocycles. The Bertz CT molecular complexity index is 795. The highest BCUT2D eigenvalue weighted by atomic mass is 16.5. The fourth-order valence-corrected chi connectivity index (χ4v) is 4.50. The molecular weight excluding hydrogens is 324 g/mol. The summed E-state index contributed by atoms with van der Waals surface area (Å²) >= 11 is 0. The van der Waals surface area contributed by atoms with Crippen molar-refractivity contribution in [3.63, 3.8) is 0 Å². The second kappa shape index (κ2) is 7.28. The Balaban J connectivity index is 1.57. The van der Waals surface area contributed by atoms with Gasteiger partial charge in [-0.25, -0.2) is 4.98 Å². The molecular formula is C22H28N2O2. The summed E-state index contributed by atoms with van der Waals surface area (Å²) in [4.78, 5) is 4.44. The molecule has 0 atom stereocenters. The van der Waals surface area contributed by atoms with Crippen LogP contribution < -0.4 is 10.5 Å². The Morgan fingerprint density at radius 1 is 1.08 bits per heavy atom. The van der Waals surface area contributed by atoms with Crippen LogP contribution in [0.1, 0.15) is 48.8 Å². The van der Waals surface area contributed by atoms with Crippen molar-refractivity contribution in [1.29, 1.82) is 0 Å². The van der Waals surface area contributed by atoms with Crippen molar-refractivity contribution in [2.75, 3.05) is 12.8 Å². The van der Waals surface area contributed by atoms with Gasteiger partial charge in [-0.2, -0.15) is 0 Å². The zero-order valence-electron chi connectivity index (χ0n) is 15.8. The molecule has 26 heavy (non-hydrogen) atoms. The summed E-state index contributed by atoms with van der Waals surface area (Å²) in [5, 5.41) is 0. The van der Waals surface area contributed by atoms with E-state index < -0.39 is 0 Å². The lowest BCUT2D eigenvalue weighted by atomic mass is 9.93. The molecule has 4 rings (SSSR count). The molecule has 1 heterocycles. The van der Waals surface area contributed by atoms with Crippen LogP contribution in [0, 0.1) is 6.92 Å². The molecule has 1 aromatic carbocycles. The van der Waals surface area contributed by atoms with Crippen LogP contribution in [0.4, 0.5) is 5.69 Å². The lowest BCUT2D eigenvalue weighted by Gasteiger charge is -2.27. The average molecular weight is 352 g/mol. The number of nitrogens with two attached hydrogens (primary N) is 1. The molecule has 1 fully saturated rings. The second-order valence-electron chi connectivity index (χ2n) is 7.61. The smallest absolute Gasteiger partial charge is 0.214 e. The largest absolute Gasteiger partial charge is 0.474 e. The quantitative estimate of drug-likeness (QED) is 0.825. The van der Waals surface area contributed by atoms with Gasteiger partial charge in [-0.15, -0.1) is 0 Å². The number of fused-ring (bicyclic) bond motifs is 1. The van der Waals surface area contributed by atoms with Gasteiger partial charge in [-0.1, -0.05) is 6.07 Å². The van der Waals surface area contributed by atoms with Crippen LogP contribution in [-0.4, -0.2) is 24.3 Å². The van der Waals surface area contributed by atoms with Crippen LogP contribution in [0.2, 0.25) is 0 Å². The van der Waals surface area contributed by atoms with E-state index in [-0.39, 0.29) is 6.10 Å². The number of hydrogen-bond acceptors (Lipinski definition) is 4. The molecule has 2 aromatic rings. The maximum absolute atomic E-state index is 6.56. The molecule has 0 amide bonds. The highest BCUT2D eigenvalue weighted by Crippen LogP contribution is 2.39. The Morgan fingerprint density at radius 2 is 1.85 bits per heavy atom. The maximum Gasteiger partial charge on any atom is 0.214 e. The second-order valence-corrected chi connectivity index (χ2v) is 7.61. The summed E-state index contributed by atoms with van der Waals surface area (Å²) < 4.78 is 11.6. The van der Waals surface area contributed by atoms with Crippen molar-refractivity contribution in [3.8, 4) is 17.0 Å². The van der Waals surface area contributed by atoms with Crippen LogP contribution in [0.5, 0.6) is 5.88 Å². The highest BCUT2D eigenvalue weighted by Gasteiger charge is 2.23. The van der Waals surface area contributed by atoms with Gasteiger partial charge in [-0.05, 0) is 80.2 Å². The van der Waals surface area contributed by atoms with Gasteiger partial charge in [0.05, 0.1) is 6.10 Å². The molecule has 4 nitrogen and oxygen atoms in total. The van der Waals surface area contributed by atoms with E-state index in [0.717, 1.165) is 55.3 Å². The molecule has 0 radical (unpaired) electrons. The lowest BCUT2D eigenvalue weighted by Crippen LogP contribution is -2.27. The summed E-state index contributed by atoms with van der Waals surface area (Å²) in [6.45, 7) is 2.15. The van der Waals surface area contributed by atoms with E-state index in [1.165, 1.54) is 23.1 Å². The number of nitrogen functional groups attached to an aromatic ring is 1. The minimum absolute atomic E-state index is 0.225. The van der Waals surface area contributed by atoms with E-state index in [1.807, 2.05) is 18.3 Å². The zero-order chi connectivity index (χ0) is 18.1. The van der Waals surface area contributed by atoms with Crippen molar-refractivity contribution in [3.05, 3.63) is 41.1 Å². The number of anilines is 1. The van der Waals surface area contributed by atoms with Gasteiger partial charge in [0.2, 0.25) is 5.88 Å². The molecule has 2 N–H and O–H groups in total. The fraction of sp³-hybridized carbons (Fsp3) is 0.500. The molecule has 1 aromatic heterocycles. The minimum atomic E-state index is 0.225. The number of aromatic nitrogens is 1. The third-order valence-electron chi connectivity index (χ3n) is 5.91. The van der Waals surface area contributed by atoms with E-state index >= 15 is 0 Å². The van der Waals surface area contributed by atoms with E-state index in [9.17, 15) is 0 Å². The third-order valence-corrected chi connectivity index (χ3v) is 5.91. The fourth-order valence-electron chi connectivity index (χ4n) is 4.50. The Morgan fingerprint density at radius 3 is 2.62 bits per heavy atom. The number of hydrogen-bond donors (Lipinski definition) is 1. The molecule has 0 saturated heterocycles. The summed E-state index contributed by atoms with van der Waals surface area (Å²) in [5.74, 6) is 0.697. The molecule has 138 valence electrons. The van der Waals surface area contributed by atoms with Gasteiger partial charge in [0.15, 0.2) is 0 Å². The first-order valence-electron chi connectivity index (χ1n) is 9.72. The average Bonchev–Trinajstić information content (AvgIpc) is 3.11. The predicted octanol–water partition coefficient (Wildman–Crippen LogP) is 4.46. The van der Waals surface area contributed by atoms with Crippen molar-refractivity contribution >= 4 is 5.69 Å². The van der Waals surface area contributed by atoms with Crippen molar-refractivity contribution in [2.45, 2.75) is 64.1 Å². The summed E-state index contributed by atoms with van der Waals surface area (Å²) in [5.41, 5.74) is 13.7. The van der Waals surface area contributed by atoms with Crippen LogP contribution in [0.25, 0.3) is 11.1 Å². The van der Waals surface area contributed by atoms with Gasteiger partial charge in [0.1, 0.15) is 6.10 Å². The van der Waals surface area contributed by atoms with Crippen LogP contribution in [-0.2, 0) is 17.6 Å². The standard InChI is InChI=1S/C22H28N2O2/c1-14-12-15-4-3-5-19(15)22(23)21(14)16-10-11-24-20(13-16)26-18-8-6-17(25-2)7-9-18/h10-13,17-18H,3-9,23H2,1-2H3. The molecule has 0 unspecified atom stereocenters. The number of nitrogens with zero attached hydrogens (tertiary/aromatic N) is 1.